The fourth-order valence-electron chi connectivity index (χ4n) is 3.03. The fraction of sp³-hybridized carbons (Fsp3) is 0.333. The molecule has 0 saturated heterocycles. The van der Waals surface area contributed by atoms with Crippen molar-refractivity contribution >= 4 is 33.2 Å². The van der Waals surface area contributed by atoms with Crippen LogP contribution in [0.4, 0.5) is 0 Å². The van der Waals surface area contributed by atoms with Crippen molar-refractivity contribution in [2.24, 2.45) is 0 Å². The number of aliphatic hydroxyl groups is 1. The van der Waals surface area contributed by atoms with Crippen LogP contribution in [0.2, 0.25) is 5.02 Å². The Balaban J connectivity index is 0.00000103. The number of hydrogen-bond donors (Lipinski definition) is 1. The molecule has 2 heterocycles. The van der Waals surface area contributed by atoms with Crippen LogP contribution in [-0.4, -0.2) is 34.0 Å². The van der Waals surface area contributed by atoms with E-state index in [0.29, 0.717) is 32.4 Å². The summed E-state index contributed by atoms with van der Waals surface area (Å²) < 4.78 is 13.1. The van der Waals surface area contributed by atoms with E-state index < -0.39 is 5.60 Å². The highest BCUT2D eigenvalue weighted by molar-refractivity contribution is 7.22. The van der Waals surface area contributed by atoms with Gasteiger partial charge in [-0.2, -0.15) is 0 Å². The molecule has 0 aliphatic carbocycles. The van der Waals surface area contributed by atoms with Crippen LogP contribution in [0.5, 0.6) is 11.5 Å². The van der Waals surface area contributed by atoms with E-state index >= 15 is 0 Å². The van der Waals surface area contributed by atoms with Crippen molar-refractivity contribution in [1.29, 1.82) is 0 Å². The maximum atomic E-state index is 13.2. The van der Waals surface area contributed by atoms with Crippen molar-refractivity contribution in [3.8, 4) is 27.6 Å². The van der Waals surface area contributed by atoms with Gasteiger partial charge in [0, 0.05) is 16.0 Å². The summed E-state index contributed by atoms with van der Waals surface area (Å²) in [6, 6.07) is 14.6. The summed E-state index contributed by atoms with van der Waals surface area (Å²) in [5.74, 6) is 0.943. The zero-order valence-corrected chi connectivity index (χ0v) is 22.8. The molecular weight excluding hydrogens is 484 g/mol. The predicted molar refractivity (Wildman–Crippen MR) is 147 cm³/mol. The topological polar surface area (TPSA) is 73.6 Å². The third-order valence-electron chi connectivity index (χ3n) is 4.57. The second-order valence-corrected chi connectivity index (χ2v) is 9.18. The average Bonchev–Trinajstić information content (AvgIpc) is 3.31. The second-order valence-electron chi connectivity index (χ2n) is 7.69. The lowest BCUT2D eigenvalue weighted by Gasteiger charge is -2.19. The molecular formula is C27H33ClN2O4S. The van der Waals surface area contributed by atoms with Gasteiger partial charge in [-0.05, 0) is 49.7 Å². The summed E-state index contributed by atoms with van der Waals surface area (Å²) in [5, 5.41) is 10.5. The number of aromatic nitrogens is 2. The SMILES string of the molecule is CC.CC.COc1cc(-n2cnc3cc(-c4ccc(Cl)cc4)sc3c2=O)ccc1OCC(C)(C)O. The number of hydrogen-bond acceptors (Lipinski definition) is 6. The molecule has 0 amide bonds. The Kier molecular flexibility index (Phi) is 10.3. The quantitative estimate of drug-likeness (QED) is 0.299. The van der Waals surface area contributed by atoms with Crippen LogP contribution in [0.3, 0.4) is 0 Å². The van der Waals surface area contributed by atoms with Gasteiger partial charge in [0.1, 0.15) is 17.6 Å². The molecule has 8 heteroatoms. The molecule has 0 radical (unpaired) electrons. The van der Waals surface area contributed by atoms with Crippen LogP contribution in [0.25, 0.3) is 26.3 Å². The minimum atomic E-state index is -0.976. The molecule has 0 unspecified atom stereocenters. The monoisotopic (exact) mass is 516 g/mol. The fourth-order valence-corrected chi connectivity index (χ4v) is 4.20. The van der Waals surface area contributed by atoms with Crippen molar-refractivity contribution in [3.63, 3.8) is 0 Å². The summed E-state index contributed by atoms with van der Waals surface area (Å²) >= 11 is 7.37. The Labute approximate surface area is 215 Å². The van der Waals surface area contributed by atoms with Gasteiger partial charge in [0.15, 0.2) is 11.5 Å². The van der Waals surface area contributed by atoms with E-state index in [1.807, 2.05) is 58.0 Å². The molecule has 0 fully saturated rings. The van der Waals surface area contributed by atoms with Crippen molar-refractivity contribution in [3.05, 3.63) is 70.2 Å². The lowest BCUT2D eigenvalue weighted by atomic mass is 10.2. The van der Waals surface area contributed by atoms with Crippen molar-refractivity contribution < 1.29 is 14.6 Å². The zero-order chi connectivity index (χ0) is 26.2. The first-order valence-corrected chi connectivity index (χ1v) is 12.8. The summed E-state index contributed by atoms with van der Waals surface area (Å²) in [7, 11) is 1.53. The van der Waals surface area contributed by atoms with Crippen molar-refractivity contribution in [1.82, 2.24) is 9.55 Å². The number of methoxy groups -OCH3 is 1. The van der Waals surface area contributed by atoms with Gasteiger partial charge in [0.25, 0.3) is 5.56 Å². The summed E-state index contributed by atoms with van der Waals surface area (Å²) in [4.78, 5) is 18.6. The molecule has 0 atom stereocenters. The van der Waals surface area contributed by atoms with Crippen molar-refractivity contribution in [2.75, 3.05) is 13.7 Å². The number of thiophene rings is 1. The van der Waals surface area contributed by atoms with Gasteiger partial charge in [0.05, 0.1) is 23.9 Å². The molecule has 2 aromatic heterocycles. The minimum Gasteiger partial charge on any atom is -0.493 e. The van der Waals surface area contributed by atoms with E-state index in [1.54, 1.807) is 32.0 Å². The number of ether oxygens (including phenoxy) is 2. The molecule has 35 heavy (non-hydrogen) atoms. The molecule has 4 rings (SSSR count). The Morgan fingerprint density at radius 2 is 1.69 bits per heavy atom. The molecule has 2 aromatic carbocycles. The summed E-state index contributed by atoms with van der Waals surface area (Å²) in [6.07, 6.45) is 1.51. The van der Waals surface area contributed by atoms with Gasteiger partial charge in [0.2, 0.25) is 0 Å². The molecule has 1 N–H and O–H groups in total. The molecule has 0 aliphatic heterocycles. The zero-order valence-electron chi connectivity index (χ0n) is 21.3. The Hall–Kier alpha value is -2.87. The van der Waals surface area contributed by atoms with E-state index in [4.69, 9.17) is 21.1 Å². The molecule has 0 aliphatic rings. The maximum absolute atomic E-state index is 13.2. The average molecular weight is 517 g/mol. The highest BCUT2D eigenvalue weighted by Gasteiger charge is 2.17. The van der Waals surface area contributed by atoms with Crippen LogP contribution in [0, 0.1) is 0 Å². The van der Waals surface area contributed by atoms with Crippen LogP contribution in [0.1, 0.15) is 41.5 Å². The largest absolute Gasteiger partial charge is 0.493 e. The number of benzene rings is 2. The smallest absolute Gasteiger partial charge is 0.275 e. The van der Waals surface area contributed by atoms with E-state index in [1.165, 1.54) is 29.3 Å². The highest BCUT2D eigenvalue weighted by atomic mass is 35.5. The Morgan fingerprint density at radius 1 is 1.03 bits per heavy atom. The van der Waals surface area contributed by atoms with Gasteiger partial charge >= 0.3 is 0 Å². The number of nitrogens with zero attached hydrogens (tertiary/aromatic N) is 2. The molecule has 6 nitrogen and oxygen atoms in total. The lowest BCUT2D eigenvalue weighted by Crippen LogP contribution is -2.28. The standard InChI is InChI=1S/C23H21ClN2O4S.2C2H6/c1-23(2,28)12-30-18-9-8-16(10-19(18)29-3)26-13-25-17-11-20(31-21(17)22(26)27)14-4-6-15(24)7-5-14;2*1-2/h4-11,13,28H,12H2,1-3H3;2*1-2H3. The molecule has 0 saturated carbocycles. The third kappa shape index (κ3) is 7.07. The van der Waals surface area contributed by atoms with Crippen LogP contribution in [-0.2, 0) is 0 Å². The van der Waals surface area contributed by atoms with E-state index in [0.717, 1.165) is 10.4 Å². The summed E-state index contributed by atoms with van der Waals surface area (Å²) in [5.41, 5.74) is 1.09. The van der Waals surface area contributed by atoms with Crippen LogP contribution < -0.4 is 15.0 Å². The first-order chi connectivity index (χ1) is 16.7. The van der Waals surface area contributed by atoms with Crippen LogP contribution >= 0.6 is 22.9 Å². The van der Waals surface area contributed by atoms with Crippen LogP contribution in [0.15, 0.2) is 59.7 Å². The number of halogens is 1. The van der Waals surface area contributed by atoms with E-state index in [-0.39, 0.29) is 12.2 Å². The third-order valence-corrected chi connectivity index (χ3v) is 5.99. The van der Waals surface area contributed by atoms with Gasteiger partial charge in [-0.25, -0.2) is 4.98 Å². The first-order valence-electron chi connectivity index (χ1n) is 11.6. The van der Waals surface area contributed by atoms with E-state index in [2.05, 4.69) is 4.98 Å². The Morgan fingerprint density at radius 3 is 2.29 bits per heavy atom. The highest BCUT2D eigenvalue weighted by Crippen LogP contribution is 2.33. The molecule has 0 spiro atoms. The second kappa shape index (κ2) is 12.7. The van der Waals surface area contributed by atoms with Gasteiger partial charge in [-0.1, -0.05) is 51.4 Å². The van der Waals surface area contributed by atoms with Gasteiger partial charge in [-0.15, -0.1) is 11.3 Å². The van der Waals surface area contributed by atoms with Gasteiger partial charge in [-0.3, -0.25) is 9.36 Å². The first kappa shape index (κ1) is 28.4. The van der Waals surface area contributed by atoms with Gasteiger partial charge < -0.3 is 14.6 Å². The lowest BCUT2D eigenvalue weighted by molar-refractivity contribution is 0.0276. The number of rotatable bonds is 6. The Bertz CT molecular complexity index is 1290. The molecule has 4 aromatic rings. The maximum Gasteiger partial charge on any atom is 0.275 e. The molecule has 0 bridgehead atoms. The van der Waals surface area contributed by atoms with E-state index in [9.17, 15) is 9.90 Å². The van der Waals surface area contributed by atoms with Crippen molar-refractivity contribution in [2.45, 2.75) is 47.1 Å². The molecule has 188 valence electrons. The minimum absolute atomic E-state index is 0.110. The number of fused-ring (bicyclic) bond motifs is 1. The predicted octanol–water partition coefficient (Wildman–Crippen LogP) is 6.98. The normalized spacial score (nSPS) is 10.7. The summed E-state index contributed by atoms with van der Waals surface area (Å²) in [6.45, 7) is 11.4.